The van der Waals surface area contributed by atoms with E-state index >= 15 is 0 Å². The van der Waals surface area contributed by atoms with Crippen molar-refractivity contribution >= 4 is 5.97 Å². The van der Waals surface area contributed by atoms with Crippen molar-refractivity contribution in [2.45, 2.75) is 51.2 Å². The van der Waals surface area contributed by atoms with Crippen LogP contribution in [0.3, 0.4) is 0 Å². The maximum Gasteiger partial charge on any atom is 0.309 e. The molecule has 4 rings (SSSR count). The summed E-state index contributed by atoms with van der Waals surface area (Å²) in [6.07, 6.45) is 7.86. The Morgan fingerprint density at radius 1 is 1.20 bits per heavy atom. The van der Waals surface area contributed by atoms with Crippen molar-refractivity contribution in [3.05, 3.63) is 58.9 Å². The summed E-state index contributed by atoms with van der Waals surface area (Å²) in [6.45, 7) is 2.20. The summed E-state index contributed by atoms with van der Waals surface area (Å²) in [5.74, 6) is 0.211. The van der Waals surface area contributed by atoms with E-state index in [9.17, 15) is 10.1 Å². The van der Waals surface area contributed by atoms with Crippen molar-refractivity contribution in [1.29, 1.82) is 5.26 Å². The number of likely N-dealkylation sites (tertiary alicyclic amines) is 1. The molecule has 0 atom stereocenters. The lowest BCUT2D eigenvalue weighted by atomic mass is 9.82. The van der Waals surface area contributed by atoms with Crippen LogP contribution in [-0.4, -0.2) is 34.0 Å². The molecule has 0 radical (unpaired) electrons. The molecular weight excluding hydrogens is 378 g/mol. The van der Waals surface area contributed by atoms with Crippen molar-refractivity contribution in [3.8, 4) is 11.8 Å². The van der Waals surface area contributed by atoms with Gasteiger partial charge >= 0.3 is 5.97 Å². The lowest BCUT2D eigenvalue weighted by molar-refractivity contribution is -0.147. The third-order valence-electron chi connectivity index (χ3n) is 6.18. The molecule has 1 aromatic heterocycles. The van der Waals surface area contributed by atoms with Gasteiger partial charge in [0.05, 0.1) is 29.4 Å². The molecule has 0 bridgehead atoms. The van der Waals surface area contributed by atoms with Crippen LogP contribution in [-0.2, 0) is 17.9 Å². The Balaban J connectivity index is 1.31. The average Bonchev–Trinajstić information content (AvgIpc) is 2.75. The zero-order valence-corrected chi connectivity index (χ0v) is 17.1. The smallest absolute Gasteiger partial charge is 0.309 e. The van der Waals surface area contributed by atoms with Gasteiger partial charge in [0.1, 0.15) is 12.4 Å². The molecule has 6 nitrogen and oxygen atoms in total. The van der Waals surface area contributed by atoms with E-state index in [0.717, 1.165) is 16.8 Å². The number of benzene rings is 1. The minimum absolute atomic E-state index is 0.254. The van der Waals surface area contributed by atoms with Crippen LogP contribution in [0.1, 0.15) is 60.4 Å². The molecule has 0 spiro atoms. The number of pyridine rings is 1. The van der Waals surface area contributed by atoms with E-state index in [4.69, 9.17) is 9.84 Å². The number of aliphatic carboxylic acids is 1. The molecule has 1 aromatic carbocycles. The Labute approximate surface area is 177 Å². The Bertz CT molecular complexity index is 924. The van der Waals surface area contributed by atoms with Crippen molar-refractivity contribution in [3.63, 3.8) is 0 Å². The lowest BCUT2D eigenvalue weighted by Gasteiger charge is -2.36. The summed E-state index contributed by atoms with van der Waals surface area (Å²) in [7, 11) is 0. The zero-order valence-electron chi connectivity index (χ0n) is 17.1. The summed E-state index contributed by atoms with van der Waals surface area (Å²) in [6, 6.07) is 12.3. The second-order valence-corrected chi connectivity index (χ2v) is 8.37. The van der Waals surface area contributed by atoms with Crippen molar-refractivity contribution in [1.82, 2.24) is 9.88 Å². The third kappa shape index (κ3) is 4.80. The van der Waals surface area contributed by atoms with Gasteiger partial charge in [-0.2, -0.15) is 5.26 Å². The molecule has 2 fully saturated rings. The largest absolute Gasteiger partial charge is 0.487 e. The summed E-state index contributed by atoms with van der Waals surface area (Å²) < 4.78 is 5.86. The van der Waals surface area contributed by atoms with Gasteiger partial charge in [-0.05, 0) is 48.1 Å². The molecular formula is C24H27N3O3. The van der Waals surface area contributed by atoms with Crippen LogP contribution < -0.4 is 4.74 Å². The fraction of sp³-hybridized carbons (Fsp3) is 0.458. The van der Waals surface area contributed by atoms with Gasteiger partial charge in [0, 0.05) is 19.6 Å². The molecule has 156 valence electrons. The van der Waals surface area contributed by atoms with E-state index < -0.39 is 5.97 Å². The quantitative estimate of drug-likeness (QED) is 0.746. The first-order valence-electron chi connectivity index (χ1n) is 10.7. The minimum Gasteiger partial charge on any atom is -0.487 e. The molecule has 0 unspecified atom stereocenters. The number of hydrogen-bond acceptors (Lipinski definition) is 5. The van der Waals surface area contributed by atoms with Crippen LogP contribution >= 0.6 is 0 Å². The van der Waals surface area contributed by atoms with Crippen molar-refractivity contribution < 1.29 is 14.6 Å². The maximum absolute atomic E-state index is 10.9. The summed E-state index contributed by atoms with van der Waals surface area (Å²) in [4.78, 5) is 17.4. The van der Waals surface area contributed by atoms with Crippen molar-refractivity contribution in [2.75, 3.05) is 13.1 Å². The second-order valence-electron chi connectivity index (χ2n) is 8.37. The zero-order chi connectivity index (χ0) is 20.9. The first-order valence-corrected chi connectivity index (χ1v) is 10.7. The predicted molar refractivity (Wildman–Crippen MR) is 112 cm³/mol. The van der Waals surface area contributed by atoms with Gasteiger partial charge in [-0.15, -0.1) is 0 Å². The summed E-state index contributed by atoms with van der Waals surface area (Å²) in [5, 5.41) is 18.5. The van der Waals surface area contributed by atoms with Crippen LogP contribution in [0.5, 0.6) is 5.75 Å². The van der Waals surface area contributed by atoms with Crippen molar-refractivity contribution in [2.24, 2.45) is 5.92 Å². The number of carbonyl (C=O) groups is 1. The van der Waals surface area contributed by atoms with E-state index in [0.29, 0.717) is 37.9 Å². The molecule has 2 heterocycles. The number of nitrogens with zero attached hydrogens (tertiary/aromatic N) is 3. The van der Waals surface area contributed by atoms with E-state index in [1.54, 1.807) is 6.20 Å². The fourth-order valence-electron chi connectivity index (χ4n) is 4.40. The van der Waals surface area contributed by atoms with E-state index in [1.807, 2.05) is 18.2 Å². The van der Waals surface area contributed by atoms with Crippen LogP contribution in [0.2, 0.25) is 0 Å². The third-order valence-corrected chi connectivity index (χ3v) is 6.18. The number of carboxylic acid groups (broad SMARTS) is 1. The summed E-state index contributed by atoms with van der Waals surface area (Å²) in [5.41, 5.74) is 3.83. The SMILES string of the molecule is N#Cc1cc(COc2ccc(CN3CC(C(=O)O)C3)nc2)ccc1C1CCCCC1. The number of nitriles is 1. The van der Waals surface area contributed by atoms with Gasteiger partial charge in [-0.25, -0.2) is 0 Å². The first-order chi connectivity index (χ1) is 14.6. The molecule has 2 aromatic rings. The molecule has 1 saturated carbocycles. The van der Waals surface area contributed by atoms with Gasteiger partial charge in [0.2, 0.25) is 0 Å². The number of rotatable bonds is 7. The average molecular weight is 405 g/mol. The molecule has 6 heteroatoms. The van der Waals surface area contributed by atoms with Crippen LogP contribution in [0, 0.1) is 17.2 Å². The lowest BCUT2D eigenvalue weighted by Crippen LogP contribution is -2.49. The molecule has 0 amide bonds. The van der Waals surface area contributed by atoms with E-state index in [-0.39, 0.29) is 5.92 Å². The number of ether oxygens (including phenoxy) is 1. The maximum atomic E-state index is 10.9. The second kappa shape index (κ2) is 9.27. The highest BCUT2D eigenvalue weighted by Crippen LogP contribution is 2.34. The highest BCUT2D eigenvalue weighted by atomic mass is 16.5. The molecule has 30 heavy (non-hydrogen) atoms. The highest BCUT2D eigenvalue weighted by molar-refractivity contribution is 5.71. The van der Waals surface area contributed by atoms with E-state index in [1.165, 1.54) is 37.7 Å². The first kappa shape index (κ1) is 20.4. The molecule has 1 aliphatic carbocycles. The Morgan fingerprint density at radius 2 is 2.00 bits per heavy atom. The standard InChI is InChI=1S/C24H27N3O3/c25-11-19-10-17(6-9-23(19)18-4-2-1-3-5-18)16-30-22-8-7-21(26-12-22)15-27-13-20(14-27)24(28)29/h6-10,12,18,20H,1-5,13-16H2,(H,28,29). The minimum atomic E-state index is -0.728. The number of aromatic nitrogens is 1. The van der Waals surface area contributed by atoms with Crippen LogP contribution in [0.4, 0.5) is 0 Å². The fourth-order valence-corrected chi connectivity index (χ4v) is 4.40. The van der Waals surface area contributed by atoms with Gasteiger partial charge < -0.3 is 9.84 Å². The predicted octanol–water partition coefficient (Wildman–Crippen LogP) is 4.10. The van der Waals surface area contributed by atoms with E-state index in [2.05, 4.69) is 28.1 Å². The Kier molecular flexibility index (Phi) is 6.29. The van der Waals surface area contributed by atoms with Crippen LogP contribution in [0.15, 0.2) is 36.5 Å². The number of carboxylic acids is 1. The Hall–Kier alpha value is -2.91. The normalized spacial score (nSPS) is 17.8. The molecule has 1 aliphatic heterocycles. The molecule has 2 aliphatic rings. The topological polar surface area (TPSA) is 86.5 Å². The number of hydrogen-bond donors (Lipinski definition) is 1. The monoisotopic (exact) mass is 405 g/mol. The molecule has 1 saturated heterocycles. The van der Waals surface area contributed by atoms with Gasteiger partial charge in [0.25, 0.3) is 0 Å². The highest BCUT2D eigenvalue weighted by Gasteiger charge is 2.32. The van der Waals surface area contributed by atoms with Gasteiger partial charge in [-0.3, -0.25) is 14.7 Å². The van der Waals surface area contributed by atoms with Crippen LogP contribution in [0.25, 0.3) is 0 Å². The van der Waals surface area contributed by atoms with Gasteiger partial charge in [0.15, 0.2) is 0 Å². The Morgan fingerprint density at radius 3 is 2.67 bits per heavy atom. The molecule has 1 N–H and O–H groups in total. The van der Waals surface area contributed by atoms with Gasteiger partial charge in [-0.1, -0.05) is 31.4 Å². The summed E-state index contributed by atoms with van der Waals surface area (Å²) >= 11 is 0.